The van der Waals surface area contributed by atoms with E-state index in [2.05, 4.69) is 4.98 Å². The second-order valence-corrected chi connectivity index (χ2v) is 5.88. The predicted octanol–water partition coefficient (Wildman–Crippen LogP) is 2.33. The first-order valence-corrected chi connectivity index (χ1v) is 8.18. The maximum absolute atomic E-state index is 10.2. The van der Waals surface area contributed by atoms with Gasteiger partial charge in [0.1, 0.15) is 5.03 Å². The Labute approximate surface area is 120 Å². The molecule has 1 rings (SSSR count). The molecule has 19 heavy (non-hydrogen) atoms. The van der Waals surface area contributed by atoms with Crippen LogP contribution in [-0.4, -0.2) is 48.2 Å². The molecular formula is C12H17NO4S2. The van der Waals surface area contributed by atoms with Crippen molar-refractivity contribution in [3.63, 3.8) is 0 Å². The van der Waals surface area contributed by atoms with E-state index in [1.165, 1.54) is 0 Å². The van der Waals surface area contributed by atoms with Crippen molar-refractivity contribution in [3.8, 4) is 0 Å². The molecule has 0 atom stereocenters. The summed E-state index contributed by atoms with van der Waals surface area (Å²) in [6.45, 7) is 1.82. The minimum atomic E-state index is -0.844. The Morgan fingerprint density at radius 3 is 2.68 bits per heavy atom. The number of aromatic nitrogens is 1. The molecule has 0 aliphatic heterocycles. The number of pyridine rings is 1. The Morgan fingerprint density at radius 1 is 1.21 bits per heavy atom. The van der Waals surface area contributed by atoms with Crippen LogP contribution in [0.4, 0.5) is 0 Å². The van der Waals surface area contributed by atoms with Crippen molar-refractivity contribution in [1.29, 1.82) is 0 Å². The molecule has 0 spiro atoms. The normalized spacial score (nSPS) is 10.5. The molecule has 0 amide bonds. The van der Waals surface area contributed by atoms with E-state index in [0.717, 1.165) is 10.8 Å². The predicted molar refractivity (Wildman–Crippen MR) is 76.4 cm³/mol. The SMILES string of the molecule is O=C(O)CCOCCOCCSSc1ccccn1. The first-order chi connectivity index (χ1) is 9.29. The van der Waals surface area contributed by atoms with Crippen LogP contribution in [0.5, 0.6) is 0 Å². The highest BCUT2D eigenvalue weighted by Gasteiger charge is 1.97. The maximum Gasteiger partial charge on any atom is 0.305 e. The van der Waals surface area contributed by atoms with Crippen LogP contribution >= 0.6 is 21.6 Å². The van der Waals surface area contributed by atoms with Gasteiger partial charge in [-0.15, -0.1) is 0 Å². The van der Waals surface area contributed by atoms with Crippen LogP contribution < -0.4 is 0 Å². The Bertz CT molecular complexity index is 351. The van der Waals surface area contributed by atoms with Crippen molar-refractivity contribution in [3.05, 3.63) is 24.4 Å². The monoisotopic (exact) mass is 303 g/mol. The molecule has 0 aromatic carbocycles. The Morgan fingerprint density at radius 2 is 2.00 bits per heavy atom. The van der Waals surface area contributed by atoms with Gasteiger partial charge in [0.2, 0.25) is 0 Å². The molecule has 0 radical (unpaired) electrons. The molecule has 0 saturated heterocycles. The largest absolute Gasteiger partial charge is 0.481 e. The highest BCUT2D eigenvalue weighted by atomic mass is 33.1. The van der Waals surface area contributed by atoms with Crippen molar-refractivity contribution in [2.75, 3.05) is 32.2 Å². The van der Waals surface area contributed by atoms with E-state index in [1.807, 2.05) is 18.2 Å². The van der Waals surface area contributed by atoms with Gasteiger partial charge in [0.25, 0.3) is 0 Å². The fraction of sp³-hybridized carbons (Fsp3) is 0.500. The van der Waals surface area contributed by atoms with Gasteiger partial charge in [-0.2, -0.15) is 0 Å². The smallest absolute Gasteiger partial charge is 0.305 e. The molecule has 0 fully saturated rings. The van der Waals surface area contributed by atoms with Gasteiger partial charge in [0.15, 0.2) is 0 Å². The molecule has 7 heteroatoms. The average molecular weight is 303 g/mol. The summed E-state index contributed by atoms with van der Waals surface area (Å²) in [6, 6.07) is 5.82. The Hall–Kier alpha value is -0.760. The van der Waals surface area contributed by atoms with Gasteiger partial charge in [-0.1, -0.05) is 16.9 Å². The van der Waals surface area contributed by atoms with Crippen molar-refractivity contribution < 1.29 is 19.4 Å². The van der Waals surface area contributed by atoms with Gasteiger partial charge in [-0.05, 0) is 22.9 Å². The zero-order valence-corrected chi connectivity index (χ0v) is 12.1. The van der Waals surface area contributed by atoms with Gasteiger partial charge in [0, 0.05) is 11.9 Å². The summed E-state index contributed by atoms with van der Waals surface area (Å²) in [7, 11) is 3.31. The summed E-state index contributed by atoms with van der Waals surface area (Å²) in [6.07, 6.45) is 1.81. The molecule has 0 unspecified atom stereocenters. The van der Waals surface area contributed by atoms with Crippen LogP contribution in [0.15, 0.2) is 29.4 Å². The molecule has 1 heterocycles. The minimum Gasteiger partial charge on any atom is -0.481 e. The third-order valence-corrected chi connectivity index (χ3v) is 4.15. The summed E-state index contributed by atoms with van der Waals surface area (Å²) in [5, 5.41) is 9.38. The number of hydrogen-bond acceptors (Lipinski definition) is 6. The fourth-order valence-corrected chi connectivity index (χ4v) is 2.81. The van der Waals surface area contributed by atoms with E-state index in [0.29, 0.717) is 19.8 Å². The van der Waals surface area contributed by atoms with Gasteiger partial charge in [-0.3, -0.25) is 4.79 Å². The zero-order chi connectivity index (χ0) is 13.8. The standard InChI is InChI=1S/C12H17NO4S2/c14-12(15)4-6-16-7-8-17-9-10-18-19-11-3-1-2-5-13-11/h1-3,5H,4,6-10H2,(H,14,15). The van der Waals surface area contributed by atoms with E-state index >= 15 is 0 Å². The number of nitrogens with zero attached hydrogens (tertiary/aromatic N) is 1. The topological polar surface area (TPSA) is 68.7 Å². The Balaban J connectivity index is 1.83. The molecule has 0 aliphatic rings. The zero-order valence-electron chi connectivity index (χ0n) is 10.5. The van der Waals surface area contributed by atoms with E-state index < -0.39 is 5.97 Å². The number of rotatable bonds is 11. The average Bonchev–Trinajstić information content (AvgIpc) is 2.42. The molecule has 0 saturated carbocycles. The number of carbonyl (C=O) groups is 1. The molecule has 1 aromatic rings. The molecular weight excluding hydrogens is 286 g/mol. The molecule has 1 aromatic heterocycles. The molecule has 0 bridgehead atoms. The molecule has 0 aliphatic carbocycles. The van der Waals surface area contributed by atoms with Gasteiger partial charge < -0.3 is 14.6 Å². The van der Waals surface area contributed by atoms with Crippen LogP contribution in [0.1, 0.15) is 6.42 Å². The Kier molecular flexibility index (Phi) is 9.52. The lowest BCUT2D eigenvalue weighted by Crippen LogP contribution is -2.09. The number of carboxylic acids is 1. The number of carboxylic acid groups (broad SMARTS) is 1. The van der Waals surface area contributed by atoms with Crippen LogP contribution in [0, 0.1) is 0 Å². The number of hydrogen-bond donors (Lipinski definition) is 1. The summed E-state index contributed by atoms with van der Waals surface area (Å²) in [4.78, 5) is 14.4. The van der Waals surface area contributed by atoms with E-state index in [9.17, 15) is 4.79 Å². The third kappa shape index (κ3) is 9.77. The third-order valence-electron chi connectivity index (χ3n) is 1.93. The highest BCUT2D eigenvalue weighted by Crippen LogP contribution is 2.28. The minimum absolute atomic E-state index is 0.0383. The first-order valence-electron chi connectivity index (χ1n) is 5.87. The van der Waals surface area contributed by atoms with Gasteiger partial charge in [0.05, 0.1) is 32.8 Å². The van der Waals surface area contributed by atoms with E-state index in [4.69, 9.17) is 14.6 Å². The highest BCUT2D eigenvalue weighted by molar-refractivity contribution is 8.76. The van der Waals surface area contributed by atoms with Gasteiger partial charge in [-0.25, -0.2) is 4.98 Å². The second-order valence-electron chi connectivity index (χ2n) is 3.44. The van der Waals surface area contributed by atoms with Crippen molar-refractivity contribution in [2.24, 2.45) is 0 Å². The lowest BCUT2D eigenvalue weighted by Gasteiger charge is -2.04. The second kappa shape index (κ2) is 11.1. The lowest BCUT2D eigenvalue weighted by atomic mass is 10.5. The molecule has 5 nitrogen and oxygen atoms in total. The molecule has 1 N–H and O–H groups in total. The number of aliphatic carboxylic acids is 1. The van der Waals surface area contributed by atoms with E-state index in [-0.39, 0.29) is 13.0 Å². The van der Waals surface area contributed by atoms with Gasteiger partial charge >= 0.3 is 5.97 Å². The summed E-state index contributed by atoms with van der Waals surface area (Å²) < 4.78 is 10.4. The number of ether oxygens (including phenoxy) is 2. The quantitative estimate of drug-likeness (QED) is 0.497. The summed E-state index contributed by atoms with van der Waals surface area (Å²) >= 11 is 0. The van der Waals surface area contributed by atoms with Crippen molar-refractivity contribution in [1.82, 2.24) is 4.98 Å². The van der Waals surface area contributed by atoms with Crippen LogP contribution in [0.25, 0.3) is 0 Å². The van der Waals surface area contributed by atoms with Crippen LogP contribution in [-0.2, 0) is 14.3 Å². The van der Waals surface area contributed by atoms with Crippen molar-refractivity contribution >= 4 is 27.6 Å². The summed E-state index contributed by atoms with van der Waals surface area (Å²) in [5.41, 5.74) is 0. The molecule has 106 valence electrons. The van der Waals surface area contributed by atoms with E-state index in [1.54, 1.807) is 27.8 Å². The summed E-state index contributed by atoms with van der Waals surface area (Å²) in [5.74, 6) is 0.0278. The maximum atomic E-state index is 10.2. The van der Waals surface area contributed by atoms with Crippen LogP contribution in [0.3, 0.4) is 0 Å². The lowest BCUT2D eigenvalue weighted by molar-refractivity contribution is -0.138. The van der Waals surface area contributed by atoms with Crippen molar-refractivity contribution in [2.45, 2.75) is 11.4 Å². The van der Waals surface area contributed by atoms with Crippen LogP contribution in [0.2, 0.25) is 0 Å². The fourth-order valence-electron chi connectivity index (χ4n) is 1.07. The first kappa shape index (κ1) is 16.3.